The standard InChI is InChI=1S/C14H11N3OS/c15-13(16)9-5-7-10(8-6-9)19-14-17-11-3-1-2-4-12(11)18-14/h1-8H,(H3,15,16). The van der Waals surface area contributed by atoms with Crippen LogP contribution < -0.4 is 5.73 Å². The van der Waals surface area contributed by atoms with Gasteiger partial charge in [-0.2, -0.15) is 0 Å². The molecule has 0 radical (unpaired) electrons. The van der Waals surface area contributed by atoms with E-state index in [1.54, 1.807) is 0 Å². The molecule has 0 fully saturated rings. The Labute approximate surface area is 114 Å². The highest BCUT2D eigenvalue weighted by Crippen LogP contribution is 2.29. The molecule has 2 aromatic carbocycles. The van der Waals surface area contributed by atoms with Gasteiger partial charge in [0.15, 0.2) is 5.58 Å². The molecule has 0 unspecified atom stereocenters. The second-order valence-electron chi connectivity index (χ2n) is 3.99. The van der Waals surface area contributed by atoms with Crippen LogP contribution in [0.3, 0.4) is 0 Å². The van der Waals surface area contributed by atoms with Crippen molar-refractivity contribution in [1.29, 1.82) is 5.41 Å². The molecular formula is C14H11N3OS. The highest BCUT2D eigenvalue weighted by Gasteiger charge is 2.07. The summed E-state index contributed by atoms with van der Waals surface area (Å²) in [4.78, 5) is 5.39. The molecule has 5 heteroatoms. The van der Waals surface area contributed by atoms with Gasteiger partial charge in [0.1, 0.15) is 11.4 Å². The van der Waals surface area contributed by atoms with Crippen LogP contribution in [0, 0.1) is 5.41 Å². The Kier molecular flexibility index (Phi) is 2.97. The van der Waals surface area contributed by atoms with Crippen molar-refractivity contribution in [2.45, 2.75) is 10.1 Å². The number of amidine groups is 1. The number of oxazole rings is 1. The minimum absolute atomic E-state index is 0.0680. The topological polar surface area (TPSA) is 75.9 Å². The van der Waals surface area contributed by atoms with Crippen molar-refractivity contribution in [1.82, 2.24) is 4.98 Å². The van der Waals surface area contributed by atoms with Crippen LogP contribution in [-0.2, 0) is 0 Å². The molecule has 0 atom stereocenters. The molecule has 3 N–H and O–H groups in total. The van der Waals surface area contributed by atoms with Gasteiger partial charge in [-0.1, -0.05) is 24.3 Å². The van der Waals surface area contributed by atoms with E-state index in [4.69, 9.17) is 15.6 Å². The number of benzene rings is 2. The van der Waals surface area contributed by atoms with Crippen LogP contribution in [0.4, 0.5) is 0 Å². The van der Waals surface area contributed by atoms with Gasteiger partial charge in [0.25, 0.3) is 5.22 Å². The first-order valence-corrected chi connectivity index (χ1v) is 6.52. The van der Waals surface area contributed by atoms with E-state index >= 15 is 0 Å². The quantitative estimate of drug-likeness (QED) is 0.565. The fourth-order valence-corrected chi connectivity index (χ4v) is 2.45. The predicted octanol–water partition coefficient (Wildman–Crippen LogP) is 3.26. The maximum absolute atomic E-state index is 7.34. The van der Waals surface area contributed by atoms with E-state index in [2.05, 4.69) is 4.98 Å². The van der Waals surface area contributed by atoms with E-state index in [0.717, 1.165) is 16.0 Å². The van der Waals surface area contributed by atoms with Gasteiger partial charge in [-0.3, -0.25) is 5.41 Å². The molecule has 0 saturated heterocycles. The molecule has 0 bridgehead atoms. The summed E-state index contributed by atoms with van der Waals surface area (Å²) in [6.07, 6.45) is 0. The molecule has 1 heterocycles. The van der Waals surface area contributed by atoms with E-state index < -0.39 is 0 Å². The van der Waals surface area contributed by atoms with Gasteiger partial charge in [0.05, 0.1) is 0 Å². The Morgan fingerprint density at radius 1 is 1.11 bits per heavy atom. The van der Waals surface area contributed by atoms with Crippen molar-refractivity contribution >= 4 is 28.7 Å². The van der Waals surface area contributed by atoms with Crippen LogP contribution in [0.25, 0.3) is 11.1 Å². The number of nitrogens with zero attached hydrogens (tertiary/aromatic N) is 1. The molecular weight excluding hydrogens is 258 g/mol. The molecule has 94 valence electrons. The van der Waals surface area contributed by atoms with E-state index in [1.807, 2.05) is 48.5 Å². The summed E-state index contributed by atoms with van der Waals surface area (Å²) in [5.74, 6) is 0.0680. The summed E-state index contributed by atoms with van der Waals surface area (Å²) in [7, 11) is 0. The fourth-order valence-electron chi connectivity index (χ4n) is 1.70. The summed E-state index contributed by atoms with van der Waals surface area (Å²) in [6.45, 7) is 0. The van der Waals surface area contributed by atoms with E-state index in [9.17, 15) is 0 Å². The van der Waals surface area contributed by atoms with Crippen LogP contribution in [0.1, 0.15) is 5.56 Å². The summed E-state index contributed by atoms with van der Waals surface area (Å²) in [6, 6.07) is 15.1. The molecule has 3 aromatic rings. The summed E-state index contributed by atoms with van der Waals surface area (Å²) in [5.41, 5.74) is 7.76. The molecule has 0 aliphatic carbocycles. The largest absolute Gasteiger partial charge is 0.431 e. The first-order chi connectivity index (χ1) is 9.22. The van der Waals surface area contributed by atoms with Crippen molar-refractivity contribution in [3.05, 3.63) is 54.1 Å². The average Bonchev–Trinajstić information content (AvgIpc) is 2.81. The second kappa shape index (κ2) is 4.78. The molecule has 0 aliphatic rings. The normalized spacial score (nSPS) is 10.7. The maximum atomic E-state index is 7.34. The zero-order chi connectivity index (χ0) is 13.2. The van der Waals surface area contributed by atoms with Crippen LogP contribution in [0.15, 0.2) is 63.1 Å². The summed E-state index contributed by atoms with van der Waals surface area (Å²) in [5, 5.41) is 7.95. The highest BCUT2D eigenvalue weighted by molar-refractivity contribution is 7.99. The Bertz CT molecular complexity index is 701. The molecule has 1 aromatic heterocycles. The van der Waals surface area contributed by atoms with Gasteiger partial charge in [0, 0.05) is 10.5 Å². The zero-order valence-electron chi connectivity index (χ0n) is 9.96. The van der Waals surface area contributed by atoms with Gasteiger partial charge in [-0.05, 0) is 36.0 Å². The maximum Gasteiger partial charge on any atom is 0.261 e. The van der Waals surface area contributed by atoms with Gasteiger partial charge in [-0.25, -0.2) is 4.98 Å². The van der Waals surface area contributed by atoms with Gasteiger partial charge < -0.3 is 10.2 Å². The van der Waals surface area contributed by atoms with Crippen LogP contribution in [0.2, 0.25) is 0 Å². The number of hydrogen-bond donors (Lipinski definition) is 2. The average molecular weight is 269 g/mol. The van der Waals surface area contributed by atoms with Crippen molar-refractivity contribution in [2.24, 2.45) is 5.73 Å². The lowest BCUT2D eigenvalue weighted by Gasteiger charge is -1.99. The number of nitrogens with two attached hydrogens (primary N) is 1. The Hall–Kier alpha value is -2.27. The van der Waals surface area contributed by atoms with Gasteiger partial charge in [0.2, 0.25) is 0 Å². The molecule has 0 amide bonds. The van der Waals surface area contributed by atoms with E-state index in [1.165, 1.54) is 11.8 Å². The lowest BCUT2D eigenvalue weighted by atomic mass is 10.2. The monoisotopic (exact) mass is 269 g/mol. The molecule has 0 aliphatic heterocycles. The van der Waals surface area contributed by atoms with Crippen LogP contribution in [-0.4, -0.2) is 10.8 Å². The molecule has 0 saturated carbocycles. The van der Waals surface area contributed by atoms with Crippen molar-refractivity contribution in [3.63, 3.8) is 0 Å². The lowest BCUT2D eigenvalue weighted by molar-refractivity contribution is 0.489. The Morgan fingerprint density at radius 3 is 2.53 bits per heavy atom. The first kappa shape index (κ1) is 11.8. The molecule has 0 spiro atoms. The number of aromatic nitrogens is 1. The SMILES string of the molecule is N=C(N)c1ccc(Sc2nc3ccccc3o2)cc1. The second-order valence-corrected chi connectivity index (χ2v) is 5.01. The smallest absolute Gasteiger partial charge is 0.261 e. The number of nitrogen functional groups attached to an aromatic ring is 1. The van der Waals surface area contributed by atoms with Crippen LogP contribution in [0.5, 0.6) is 0 Å². The van der Waals surface area contributed by atoms with Crippen molar-refractivity contribution < 1.29 is 4.42 Å². The van der Waals surface area contributed by atoms with Gasteiger partial charge >= 0.3 is 0 Å². The number of rotatable bonds is 3. The Morgan fingerprint density at radius 2 is 1.84 bits per heavy atom. The summed E-state index contributed by atoms with van der Waals surface area (Å²) < 4.78 is 5.63. The molecule has 3 rings (SSSR count). The lowest BCUT2D eigenvalue weighted by Crippen LogP contribution is -2.10. The van der Waals surface area contributed by atoms with E-state index in [0.29, 0.717) is 10.8 Å². The third kappa shape index (κ3) is 2.46. The highest BCUT2D eigenvalue weighted by atomic mass is 32.2. The number of nitrogens with one attached hydrogen (secondary N) is 1. The number of para-hydroxylation sites is 2. The molecule has 19 heavy (non-hydrogen) atoms. The Balaban J connectivity index is 1.86. The fraction of sp³-hybridized carbons (Fsp3) is 0. The first-order valence-electron chi connectivity index (χ1n) is 5.70. The predicted molar refractivity (Wildman–Crippen MR) is 75.6 cm³/mol. The van der Waals surface area contributed by atoms with Gasteiger partial charge in [-0.15, -0.1) is 0 Å². The van der Waals surface area contributed by atoms with Crippen molar-refractivity contribution in [3.8, 4) is 0 Å². The number of fused-ring (bicyclic) bond motifs is 1. The minimum atomic E-state index is 0.0680. The number of hydrogen-bond acceptors (Lipinski definition) is 4. The zero-order valence-corrected chi connectivity index (χ0v) is 10.8. The van der Waals surface area contributed by atoms with Crippen LogP contribution >= 0.6 is 11.8 Å². The van der Waals surface area contributed by atoms with E-state index in [-0.39, 0.29) is 5.84 Å². The third-order valence-electron chi connectivity index (χ3n) is 2.64. The third-order valence-corrected chi connectivity index (χ3v) is 3.50. The van der Waals surface area contributed by atoms with Crippen molar-refractivity contribution in [2.75, 3.05) is 0 Å². The minimum Gasteiger partial charge on any atom is -0.431 e. The molecule has 4 nitrogen and oxygen atoms in total. The summed E-state index contributed by atoms with van der Waals surface area (Å²) >= 11 is 1.44.